The molecule has 0 aliphatic rings. The smallest absolute Gasteiger partial charge is 0.161 e. The van der Waals surface area contributed by atoms with Gasteiger partial charge in [-0.3, -0.25) is 5.41 Å². The predicted molar refractivity (Wildman–Crippen MR) is 81.0 cm³/mol. The number of benzene rings is 1. The molecule has 0 bridgehead atoms. The minimum Gasteiger partial charge on any atom is -0.493 e. The van der Waals surface area contributed by atoms with Crippen molar-refractivity contribution < 1.29 is 9.47 Å². The lowest BCUT2D eigenvalue weighted by Crippen LogP contribution is -2.10. The van der Waals surface area contributed by atoms with Crippen LogP contribution >= 0.6 is 11.3 Å². The van der Waals surface area contributed by atoms with Crippen LogP contribution in [-0.4, -0.2) is 24.5 Å². The van der Waals surface area contributed by atoms with Gasteiger partial charge in [0, 0.05) is 5.56 Å². The zero-order valence-electron chi connectivity index (χ0n) is 11.7. The second-order valence-corrected chi connectivity index (χ2v) is 5.14. The second kappa shape index (κ2) is 5.92. The van der Waals surface area contributed by atoms with Crippen molar-refractivity contribution in [3.05, 3.63) is 28.8 Å². The van der Waals surface area contributed by atoms with Crippen LogP contribution in [0.3, 0.4) is 0 Å². The van der Waals surface area contributed by atoms with Gasteiger partial charge >= 0.3 is 0 Å². The molecule has 1 heterocycles. The molecule has 0 saturated carbocycles. The summed E-state index contributed by atoms with van der Waals surface area (Å²) in [4.78, 5) is 5.16. The number of hydrogen-bond acceptors (Lipinski definition) is 5. The van der Waals surface area contributed by atoms with Crippen molar-refractivity contribution in [2.75, 3.05) is 13.7 Å². The third-order valence-electron chi connectivity index (χ3n) is 2.75. The Morgan fingerprint density at radius 1 is 1.40 bits per heavy atom. The van der Waals surface area contributed by atoms with Crippen LogP contribution in [0, 0.1) is 12.3 Å². The van der Waals surface area contributed by atoms with Crippen molar-refractivity contribution in [3.63, 3.8) is 0 Å². The monoisotopic (exact) mass is 291 g/mol. The van der Waals surface area contributed by atoms with Gasteiger partial charge in [0.15, 0.2) is 11.5 Å². The number of amidine groups is 1. The quantitative estimate of drug-likeness (QED) is 0.655. The van der Waals surface area contributed by atoms with Crippen molar-refractivity contribution in [3.8, 4) is 22.1 Å². The normalized spacial score (nSPS) is 10.3. The second-order valence-electron chi connectivity index (χ2n) is 4.15. The predicted octanol–water partition coefficient (Wildman–Crippen LogP) is 2.81. The van der Waals surface area contributed by atoms with E-state index in [-0.39, 0.29) is 5.84 Å². The number of thiazole rings is 1. The topological polar surface area (TPSA) is 81.2 Å². The number of nitrogens with two attached hydrogens (primary N) is 1. The van der Waals surface area contributed by atoms with Crippen LogP contribution in [0.5, 0.6) is 11.5 Å². The molecular formula is C14H17N3O2S. The lowest BCUT2D eigenvalue weighted by atomic mass is 10.2. The Morgan fingerprint density at radius 2 is 2.15 bits per heavy atom. The molecule has 0 unspecified atom stereocenters. The minimum absolute atomic E-state index is 0.0461. The molecule has 2 rings (SSSR count). The molecule has 0 radical (unpaired) electrons. The van der Waals surface area contributed by atoms with E-state index in [1.165, 1.54) is 11.3 Å². The fourth-order valence-electron chi connectivity index (χ4n) is 1.85. The van der Waals surface area contributed by atoms with Crippen LogP contribution < -0.4 is 15.2 Å². The molecule has 1 aromatic heterocycles. The highest BCUT2D eigenvalue weighted by molar-refractivity contribution is 7.17. The van der Waals surface area contributed by atoms with Crippen LogP contribution in [0.25, 0.3) is 10.6 Å². The average molecular weight is 291 g/mol. The molecule has 0 spiro atoms. The molecule has 0 atom stereocenters. The van der Waals surface area contributed by atoms with Crippen molar-refractivity contribution in [2.24, 2.45) is 5.73 Å². The maximum absolute atomic E-state index is 7.53. The Bertz CT molecular complexity index is 637. The molecule has 6 heteroatoms. The number of nitrogens with zero attached hydrogens (tertiary/aromatic N) is 1. The number of ether oxygens (including phenoxy) is 2. The number of aromatic nitrogens is 1. The standard InChI is InChI=1S/C14H17N3O2S/c1-4-19-11-7-9(5-6-10(11)18-3)14-17-8(2)12(20-14)13(15)16/h5-7H,4H2,1-3H3,(H3,15,16). The SMILES string of the molecule is CCOc1cc(-c2nc(C)c(C(=N)N)s2)ccc1OC. The van der Waals surface area contributed by atoms with Gasteiger partial charge in [-0.15, -0.1) is 11.3 Å². The van der Waals surface area contributed by atoms with Crippen molar-refractivity contribution in [1.82, 2.24) is 4.98 Å². The van der Waals surface area contributed by atoms with E-state index in [9.17, 15) is 0 Å². The number of hydrogen-bond donors (Lipinski definition) is 2. The summed E-state index contributed by atoms with van der Waals surface area (Å²) >= 11 is 1.40. The van der Waals surface area contributed by atoms with Crippen LogP contribution in [0.4, 0.5) is 0 Å². The molecule has 0 amide bonds. The fraction of sp³-hybridized carbons (Fsp3) is 0.286. The number of aryl methyl sites for hydroxylation is 1. The summed E-state index contributed by atoms with van der Waals surface area (Å²) in [6.45, 7) is 4.34. The summed E-state index contributed by atoms with van der Waals surface area (Å²) in [6.07, 6.45) is 0. The molecule has 106 valence electrons. The molecule has 3 N–H and O–H groups in total. The molecular weight excluding hydrogens is 274 g/mol. The molecule has 0 aliphatic heterocycles. The molecule has 0 saturated heterocycles. The molecule has 20 heavy (non-hydrogen) atoms. The zero-order chi connectivity index (χ0) is 14.7. The van der Waals surface area contributed by atoms with Crippen LogP contribution in [-0.2, 0) is 0 Å². The van der Waals surface area contributed by atoms with E-state index in [1.807, 2.05) is 32.0 Å². The minimum atomic E-state index is 0.0461. The Kier molecular flexibility index (Phi) is 4.24. The maximum atomic E-state index is 7.53. The van der Waals surface area contributed by atoms with Gasteiger partial charge in [0.25, 0.3) is 0 Å². The van der Waals surface area contributed by atoms with Gasteiger partial charge in [-0.25, -0.2) is 4.98 Å². The van der Waals surface area contributed by atoms with Crippen LogP contribution in [0.15, 0.2) is 18.2 Å². The summed E-state index contributed by atoms with van der Waals surface area (Å²) in [7, 11) is 1.61. The van der Waals surface area contributed by atoms with Crippen LogP contribution in [0.1, 0.15) is 17.5 Å². The highest BCUT2D eigenvalue weighted by atomic mass is 32.1. The lowest BCUT2D eigenvalue weighted by Gasteiger charge is -2.10. The summed E-state index contributed by atoms with van der Waals surface area (Å²) in [5, 5.41) is 8.34. The van der Waals surface area contributed by atoms with Gasteiger partial charge in [-0.05, 0) is 32.0 Å². The molecule has 0 aliphatic carbocycles. The van der Waals surface area contributed by atoms with Gasteiger partial charge in [0.05, 0.1) is 24.3 Å². The third kappa shape index (κ3) is 2.75. The number of nitrogens with one attached hydrogen (secondary N) is 1. The average Bonchev–Trinajstić information content (AvgIpc) is 2.81. The Labute approximate surface area is 121 Å². The van der Waals surface area contributed by atoms with Gasteiger partial charge in [0.1, 0.15) is 10.8 Å². The largest absolute Gasteiger partial charge is 0.493 e. The molecule has 0 fully saturated rings. The van der Waals surface area contributed by atoms with Gasteiger partial charge < -0.3 is 15.2 Å². The lowest BCUT2D eigenvalue weighted by molar-refractivity contribution is 0.311. The Morgan fingerprint density at radius 3 is 2.70 bits per heavy atom. The number of rotatable bonds is 5. The first-order valence-electron chi connectivity index (χ1n) is 6.19. The Hall–Kier alpha value is -2.08. The van der Waals surface area contributed by atoms with E-state index in [0.29, 0.717) is 23.0 Å². The van der Waals surface area contributed by atoms with E-state index in [0.717, 1.165) is 16.3 Å². The first-order valence-corrected chi connectivity index (χ1v) is 7.01. The summed E-state index contributed by atoms with van der Waals surface area (Å²) in [5.41, 5.74) is 7.23. The van der Waals surface area contributed by atoms with Crippen molar-refractivity contribution in [2.45, 2.75) is 13.8 Å². The highest BCUT2D eigenvalue weighted by Gasteiger charge is 2.13. The van der Waals surface area contributed by atoms with E-state index in [4.69, 9.17) is 20.6 Å². The van der Waals surface area contributed by atoms with E-state index >= 15 is 0 Å². The fourth-order valence-corrected chi connectivity index (χ4v) is 2.77. The maximum Gasteiger partial charge on any atom is 0.161 e. The summed E-state index contributed by atoms with van der Waals surface area (Å²) in [5.74, 6) is 1.42. The van der Waals surface area contributed by atoms with Gasteiger partial charge in [0.2, 0.25) is 0 Å². The van der Waals surface area contributed by atoms with Gasteiger partial charge in [-0.1, -0.05) is 0 Å². The van der Waals surface area contributed by atoms with Gasteiger partial charge in [-0.2, -0.15) is 0 Å². The highest BCUT2D eigenvalue weighted by Crippen LogP contribution is 2.35. The van der Waals surface area contributed by atoms with E-state index in [1.54, 1.807) is 7.11 Å². The first-order chi connectivity index (χ1) is 9.56. The molecule has 2 aromatic rings. The number of nitrogen functional groups attached to an aromatic ring is 1. The third-order valence-corrected chi connectivity index (χ3v) is 3.99. The van der Waals surface area contributed by atoms with Crippen molar-refractivity contribution >= 4 is 17.2 Å². The zero-order valence-corrected chi connectivity index (χ0v) is 12.5. The van der Waals surface area contributed by atoms with E-state index in [2.05, 4.69) is 4.98 Å². The van der Waals surface area contributed by atoms with Crippen LogP contribution in [0.2, 0.25) is 0 Å². The van der Waals surface area contributed by atoms with E-state index < -0.39 is 0 Å². The summed E-state index contributed by atoms with van der Waals surface area (Å²) < 4.78 is 10.8. The first kappa shape index (κ1) is 14.3. The molecule has 1 aromatic carbocycles. The molecule has 5 nitrogen and oxygen atoms in total. The summed E-state index contributed by atoms with van der Waals surface area (Å²) in [6, 6.07) is 5.67. The van der Waals surface area contributed by atoms with Crippen molar-refractivity contribution in [1.29, 1.82) is 5.41 Å². The Balaban J connectivity index is 2.44. The number of methoxy groups -OCH3 is 1.